The largest absolute Gasteiger partial charge is 0.338 e. The summed E-state index contributed by atoms with van der Waals surface area (Å²) in [6, 6.07) is 16.0. The summed E-state index contributed by atoms with van der Waals surface area (Å²) >= 11 is 0. The van der Waals surface area contributed by atoms with Gasteiger partial charge in [0, 0.05) is 29.5 Å². The quantitative estimate of drug-likeness (QED) is 0.531. The van der Waals surface area contributed by atoms with E-state index in [2.05, 4.69) is 20.6 Å². The lowest BCUT2D eigenvalue weighted by Crippen LogP contribution is -2.12. The van der Waals surface area contributed by atoms with Crippen molar-refractivity contribution in [3.63, 3.8) is 0 Å². The van der Waals surface area contributed by atoms with Gasteiger partial charge in [0.2, 0.25) is 0 Å². The van der Waals surface area contributed by atoms with Gasteiger partial charge in [-0.25, -0.2) is 13.8 Å². The van der Waals surface area contributed by atoms with Crippen molar-refractivity contribution in [2.24, 2.45) is 0 Å². The number of para-hydroxylation sites is 1. The first-order valence-electron chi connectivity index (χ1n) is 8.43. The molecule has 4 rings (SSSR count). The van der Waals surface area contributed by atoms with Crippen molar-refractivity contribution in [2.75, 3.05) is 10.6 Å². The molecule has 0 fully saturated rings. The van der Waals surface area contributed by atoms with Crippen LogP contribution in [0.2, 0.25) is 0 Å². The lowest BCUT2D eigenvalue weighted by atomic mass is 10.2. The molecule has 0 aliphatic heterocycles. The first kappa shape index (κ1) is 17.5. The number of carbonyl (C=O) groups is 1. The number of halogens is 2. The number of hydrogen-bond acceptors (Lipinski definition) is 4. The van der Waals surface area contributed by atoms with E-state index in [9.17, 15) is 13.6 Å². The second-order valence-corrected chi connectivity index (χ2v) is 6.02. The first-order chi connectivity index (χ1) is 13.6. The molecule has 0 radical (unpaired) electrons. The molecule has 0 unspecified atom stereocenters. The molecule has 0 saturated carbocycles. The number of carbonyl (C=O) groups excluding carboxylic acids is 1. The van der Waals surface area contributed by atoms with Crippen molar-refractivity contribution < 1.29 is 13.6 Å². The predicted molar refractivity (Wildman–Crippen MR) is 104 cm³/mol. The Morgan fingerprint density at radius 3 is 2.54 bits per heavy atom. The second kappa shape index (κ2) is 7.40. The van der Waals surface area contributed by atoms with Crippen LogP contribution in [0.4, 0.5) is 26.0 Å². The molecule has 0 spiro atoms. The van der Waals surface area contributed by atoms with E-state index in [1.165, 1.54) is 12.3 Å². The van der Waals surface area contributed by atoms with Crippen LogP contribution >= 0.6 is 0 Å². The summed E-state index contributed by atoms with van der Waals surface area (Å²) in [5.41, 5.74) is 2.05. The van der Waals surface area contributed by atoms with E-state index in [4.69, 9.17) is 0 Å². The highest BCUT2D eigenvalue weighted by molar-refractivity contribution is 6.04. The van der Waals surface area contributed by atoms with Gasteiger partial charge >= 0.3 is 0 Å². The Hall–Kier alpha value is -3.87. The molecular formula is C21H14F2N4O. The number of amides is 1. The normalized spacial score (nSPS) is 10.6. The SMILES string of the molecule is O=C(Nc1ccc(F)c(F)c1)c1ccc(Nc2cccc3cccnc23)nc1. The van der Waals surface area contributed by atoms with Crippen molar-refractivity contribution >= 4 is 34.0 Å². The number of fused-ring (bicyclic) bond motifs is 1. The van der Waals surface area contributed by atoms with Gasteiger partial charge in [0.15, 0.2) is 11.6 Å². The van der Waals surface area contributed by atoms with Gasteiger partial charge in [-0.3, -0.25) is 9.78 Å². The van der Waals surface area contributed by atoms with Gasteiger partial charge in [-0.1, -0.05) is 18.2 Å². The molecule has 28 heavy (non-hydrogen) atoms. The van der Waals surface area contributed by atoms with Crippen LogP contribution in [0, 0.1) is 11.6 Å². The van der Waals surface area contributed by atoms with E-state index < -0.39 is 17.5 Å². The molecule has 0 aliphatic rings. The summed E-state index contributed by atoms with van der Waals surface area (Å²) in [6.45, 7) is 0. The van der Waals surface area contributed by atoms with Crippen LogP contribution in [0.15, 0.2) is 73.1 Å². The standard InChI is InChI=1S/C21H14F2N4O/c22-16-8-7-15(11-17(16)23)26-21(28)14-6-9-19(25-12-14)27-18-5-1-3-13-4-2-10-24-20(13)18/h1-12H,(H,25,27)(H,26,28). The topological polar surface area (TPSA) is 66.9 Å². The van der Waals surface area contributed by atoms with Crippen LogP contribution in [0.1, 0.15) is 10.4 Å². The van der Waals surface area contributed by atoms with Crippen molar-refractivity contribution in [3.05, 3.63) is 90.3 Å². The fourth-order valence-electron chi connectivity index (χ4n) is 2.72. The summed E-state index contributed by atoms with van der Waals surface area (Å²) in [7, 11) is 0. The summed E-state index contributed by atoms with van der Waals surface area (Å²) < 4.78 is 26.2. The zero-order valence-corrected chi connectivity index (χ0v) is 14.5. The Morgan fingerprint density at radius 2 is 1.75 bits per heavy atom. The number of pyridine rings is 2. The smallest absolute Gasteiger partial charge is 0.257 e. The molecule has 4 aromatic rings. The minimum absolute atomic E-state index is 0.160. The minimum atomic E-state index is -1.03. The number of nitrogens with zero attached hydrogens (tertiary/aromatic N) is 2. The average molecular weight is 376 g/mol. The van der Waals surface area contributed by atoms with Crippen molar-refractivity contribution in [1.29, 1.82) is 0 Å². The molecule has 2 aromatic carbocycles. The maximum atomic E-state index is 13.3. The molecule has 0 saturated heterocycles. The third-order valence-corrected chi connectivity index (χ3v) is 4.10. The number of hydrogen-bond donors (Lipinski definition) is 2. The Kier molecular flexibility index (Phi) is 4.63. The monoisotopic (exact) mass is 376 g/mol. The second-order valence-electron chi connectivity index (χ2n) is 6.02. The molecular weight excluding hydrogens is 362 g/mol. The lowest BCUT2D eigenvalue weighted by molar-refractivity contribution is 0.102. The number of aromatic nitrogens is 2. The maximum Gasteiger partial charge on any atom is 0.257 e. The van der Waals surface area contributed by atoms with Gasteiger partial charge in [0.05, 0.1) is 16.8 Å². The summed E-state index contributed by atoms with van der Waals surface area (Å²) in [5, 5.41) is 6.68. The Balaban J connectivity index is 1.50. The fourth-order valence-corrected chi connectivity index (χ4v) is 2.72. The first-order valence-corrected chi connectivity index (χ1v) is 8.43. The van der Waals surface area contributed by atoms with Crippen molar-refractivity contribution in [2.45, 2.75) is 0 Å². The third-order valence-electron chi connectivity index (χ3n) is 4.10. The molecule has 0 atom stereocenters. The Bertz CT molecular complexity index is 1160. The van der Waals surface area contributed by atoms with Crippen molar-refractivity contribution in [1.82, 2.24) is 9.97 Å². The minimum Gasteiger partial charge on any atom is -0.338 e. The van der Waals surface area contributed by atoms with E-state index in [1.54, 1.807) is 18.3 Å². The number of rotatable bonds is 4. The van der Waals surface area contributed by atoms with Gasteiger partial charge in [-0.05, 0) is 36.4 Å². The van der Waals surface area contributed by atoms with Gasteiger partial charge < -0.3 is 10.6 Å². The zero-order chi connectivity index (χ0) is 19.5. The van der Waals surface area contributed by atoms with Gasteiger partial charge in [0.1, 0.15) is 5.82 Å². The van der Waals surface area contributed by atoms with Crippen LogP contribution in [0.5, 0.6) is 0 Å². The van der Waals surface area contributed by atoms with Crippen LogP contribution in [0.3, 0.4) is 0 Å². The third kappa shape index (κ3) is 3.64. The van der Waals surface area contributed by atoms with Crippen molar-refractivity contribution in [3.8, 4) is 0 Å². The van der Waals surface area contributed by atoms with Crippen LogP contribution in [0.25, 0.3) is 10.9 Å². The zero-order valence-electron chi connectivity index (χ0n) is 14.5. The molecule has 7 heteroatoms. The molecule has 0 bridgehead atoms. The van der Waals surface area contributed by atoms with E-state index in [-0.39, 0.29) is 11.3 Å². The molecule has 5 nitrogen and oxygen atoms in total. The maximum absolute atomic E-state index is 13.3. The lowest BCUT2D eigenvalue weighted by Gasteiger charge is -2.09. The number of nitrogens with one attached hydrogen (secondary N) is 2. The highest BCUT2D eigenvalue weighted by atomic mass is 19.2. The number of benzene rings is 2. The van der Waals surface area contributed by atoms with Crippen LogP contribution in [-0.2, 0) is 0 Å². The molecule has 1 amide bonds. The number of anilines is 3. The Labute approximate surface area is 159 Å². The predicted octanol–water partition coefficient (Wildman–Crippen LogP) is 4.90. The molecule has 2 aromatic heterocycles. The molecule has 138 valence electrons. The summed E-state index contributed by atoms with van der Waals surface area (Å²) in [6.07, 6.45) is 3.11. The van der Waals surface area contributed by atoms with E-state index >= 15 is 0 Å². The highest BCUT2D eigenvalue weighted by Crippen LogP contribution is 2.23. The Morgan fingerprint density at radius 1 is 0.893 bits per heavy atom. The fraction of sp³-hybridized carbons (Fsp3) is 0. The summed E-state index contributed by atoms with van der Waals surface area (Å²) in [4.78, 5) is 20.9. The van der Waals surface area contributed by atoms with Crippen LogP contribution in [-0.4, -0.2) is 15.9 Å². The molecule has 2 N–H and O–H groups in total. The van der Waals surface area contributed by atoms with Gasteiger partial charge in [0.25, 0.3) is 5.91 Å². The molecule has 2 heterocycles. The van der Waals surface area contributed by atoms with Gasteiger partial charge in [-0.2, -0.15) is 0 Å². The van der Waals surface area contributed by atoms with E-state index in [0.717, 1.165) is 28.7 Å². The average Bonchev–Trinajstić information content (AvgIpc) is 2.71. The van der Waals surface area contributed by atoms with E-state index in [0.29, 0.717) is 5.82 Å². The van der Waals surface area contributed by atoms with Gasteiger partial charge in [-0.15, -0.1) is 0 Å². The van der Waals surface area contributed by atoms with Crippen LogP contribution < -0.4 is 10.6 Å². The highest BCUT2D eigenvalue weighted by Gasteiger charge is 2.10. The van der Waals surface area contributed by atoms with E-state index in [1.807, 2.05) is 30.3 Å². The molecule has 0 aliphatic carbocycles. The summed E-state index contributed by atoms with van der Waals surface area (Å²) in [5.74, 6) is -1.93.